The Balaban J connectivity index is 1.52. The molecular weight excluding hydrogens is 420 g/mol. The maximum atomic E-state index is 13.1. The first-order valence-corrected chi connectivity index (χ1v) is 10.6. The number of ether oxygens (including phenoxy) is 1. The molecule has 2 aromatic carbocycles. The number of aromatic nitrogens is 1. The van der Waals surface area contributed by atoms with Crippen LogP contribution in [0.4, 0.5) is 0 Å². The van der Waals surface area contributed by atoms with Gasteiger partial charge in [0.15, 0.2) is 0 Å². The summed E-state index contributed by atoms with van der Waals surface area (Å²) >= 11 is 0. The number of aliphatic hydroxyl groups excluding tert-OH is 1. The summed E-state index contributed by atoms with van der Waals surface area (Å²) in [5, 5.41) is 12.1. The van der Waals surface area contributed by atoms with Crippen LogP contribution in [0.3, 0.4) is 0 Å². The van der Waals surface area contributed by atoms with Crippen LogP contribution in [0.5, 0.6) is 5.75 Å². The Hall–Kier alpha value is -4.26. The predicted octanol–water partition coefficient (Wildman–Crippen LogP) is 4.43. The van der Waals surface area contributed by atoms with Gasteiger partial charge in [0.25, 0.3) is 11.7 Å². The van der Waals surface area contributed by atoms with Gasteiger partial charge in [-0.1, -0.05) is 18.2 Å². The molecule has 0 bridgehead atoms. The molecular formula is C26H22N2O5. The van der Waals surface area contributed by atoms with Crippen molar-refractivity contribution in [1.82, 2.24) is 9.88 Å². The normalized spacial score (nSPS) is 17.7. The number of amides is 1. The van der Waals surface area contributed by atoms with E-state index in [1.807, 2.05) is 30.5 Å². The molecule has 166 valence electrons. The van der Waals surface area contributed by atoms with Crippen LogP contribution in [-0.4, -0.2) is 40.3 Å². The molecule has 1 aliphatic rings. The maximum absolute atomic E-state index is 13.1. The first kappa shape index (κ1) is 20.6. The molecule has 1 fully saturated rings. The number of hydrogen-bond acceptors (Lipinski definition) is 5. The van der Waals surface area contributed by atoms with Gasteiger partial charge in [-0.15, -0.1) is 0 Å². The lowest BCUT2D eigenvalue weighted by molar-refractivity contribution is -0.140. The molecule has 5 rings (SSSR count). The number of fused-ring (bicyclic) bond motifs is 1. The van der Waals surface area contributed by atoms with Crippen LogP contribution < -0.4 is 4.74 Å². The van der Waals surface area contributed by atoms with E-state index in [0.29, 0.717) is 23.5 Å². The number of Topliss-reactive ketones (excluding diaryl/α,β-unsaturated/α-hetero) is 1. The smallest absolute Gasteiger partial charge is 0.295 e. The van der Waals surface area contributed by atoms with Crippen molar-refractivity contribution in [2.24, 2.45) is 0 Å². The van der Waals surface area contributed by atoms with E-state index in [0.717, 1.165) is 16.5 Å². The van der Waals surface area contributed by atoms with Crippen LogP contribution in [0.25, 0.3) is 16.7 Å². The number of hydrogen-bond donors (Lipinski definition) is 2. The monoisotopic (exact) mass is 442 g/mol. The van der Waals surface area contributed by atoms with E-state index in [4.69, 9.17) is 9.15 Å². The lowest BCUT2D eigenvalue weighted by Gasteiger charge is -2.23. The number of para-hydroxylation sites is 1. The number of aromatic amines is 1. The van der Waals surface area contributed by atoms with Crippen molar-refractivity contribution in [3.63, 3.8) is 0 Å². The number of benzene rings is 2. The number of likely N-dealkylation sites (tertiary alicyclic amines) is 1. The third kappa shape index (κ3) is 3.57. The van der Waals surface area contributed by atoms with Crippen LogP contribution in [0.1, 0.15) is 22.9 Å². The summed E-state index contributed by atoms with van der Waals surface area (Å²) in [6.07, 6.45) is 3.94. The molecule has 2 N–H and O–H groups in total. The molecule has 2 aromatic heterocycles. The lowest BCUT2D eigenvalue weighted by Crippen LogP contribution is -2.31. The molecule has 7 heteroatoms. The number of methoxy groups -OCH3 is 1. The molecule has 0 unspecified atom stereocenters. The van der Waals surface area contributed by atoms with E-state index in [9.17, 15) is 14.7 Å². The zero-order valence-electron chi connectivity index (χ0n) is 17.9. The van der Waals surface area contributed by atoms with Gasteiger partial charge in [-0.25, -0.2) is 0 Å². The standard InChI is InChI=1S/C26H22N2O5/c1-32-18-10-8-16(9-11-18)24(29)22-23(21-7-4-14-33-21)28(26(31)25(22)30)13-12-17-15-27-20-6-3-2-5-19(17)20/h2-11,14-15,23,27,29H,12-13H2,1H3/t23-/m0/s1. The van der Waals surface area contributed by atoms with Crippen molar-refractivity contribution in [1.29, 1.82) is 0 Å². The molecule has 3 heterocycles. The molecule has 0 aliphatic carbocycles. The number of carbonyl (C=O) groups is 2. The van der Waals surface area contributed by atoms with Crippen molar-refractivity contribution in [2.45, 2.75) is 12.5 Å². The predicted molar refractivity (Wildman–Crippen MR) is 123 cm³/mol. The summed E-state index contributed by atoms with van der Waals surface area (Å²) in [4.78, 5) is 30.8. The number of H-pyrrole nitrogens is 1. The van der Waals surface area contributed by atoms with Gasteiger partial charge in [0, 0.05) is 29.2 Å². The average Bonchev–Trinajstić information content (AvgIpc) is 3.57. The first-order valence-electron chi connectivity index (χ1n) is 10.6. The number of aliphatic hydroxyl groups is 1. The molecule has 1 amide bonds. The molecule has 1 aliphatic heterocycles. The summed E-state index contributed by atoms with van der Waals surface area (Å²) < 4.78 is 10.7. The summed E-state index contributed by atoms with van der Waals surface area (Å²) in [7, 11) is 1.55. The Bertz CT molecular complexity index is 1350. The number of ketones is 1. The number of carbonyl (C=O) groups excluding carboxylic acids is 2. The van der Waals surface area contributed by atoms with Gasteiger partial charge in [-0.3, -0.25) is 9.59 Å². The summed E-state index contributed by atoms with van der Waals surface area (Å²) in [6, 6.07) is 17.2. The van der Waals surface area contributed by atoms with Gasteiger partial charge in [-0.2, -0.15) is 0 Å². The highest BCUT2D eigenvalue weighted by Gasteiger charge is 2.47. The first-order chi connectivity index (χ1) is 16.1. The Morgan fingerprint density at radius 1 is 1.09 bits per heavy atom. The number of furan rings is 1. The van der Waals surface area contributed by atoms with Crippen molar-refractivity contribution < 1.29 is 23.8 Å². The Morgan fingerprint density at radius 2 is 1.88 bits per heavy atom. The van der Waals surface area contributed by atoms with E-state index in [2.05, 4.69) is 4.98 Å². The van der Waals surface area contributed by atoms with Crippen LogP contribution in [0.2, 0.25) is 0 Å². The van der Waals surface area contributed by atoms with Gasteiger partial charge in [0.05, 0.1) is 18.9 Å². The molecule has 0 saturated carbocycles. The van der Waals surface area contributed by atoms with E-state index in [-0.39, 0.29) is 17.9 Å². The van der Waals surface area contributed by atoms with Crippen LogP contribution in [-0.2, 0) is 16.0 Å². The van der Waals surface area contributed by atoms with Crippen molar-refractivity contribution in [2.75, 3.05) is 13.7 Å². The van der Waals surface area contributed by atoms with Crippen molar-refractivity contribution in [3.05, 3.63) is 95.6 Å². The SMILES string of the molecule is COc1ccc(C(O)=C2C(=O)C(=O)N(CCc3c[nH]c4ccccc34)[C@H]2c2ccco2)cc1. The summed E-state index contributed by atoms with van der Waals surface area (Å²) in [6.45, 7) is 0.289. The second-order valence-electron chi connectivity index (χ2n) is 7.85. The van der Waals surface area contributed by atoms with Crippen LogP contribution in [0.15, 0.2) is 83.1 Å². The topological polar surface area (TPSA) is 95.8 Å². The van der Waals surface area contributed by atoms with Gasteiger partial charge >= 0.3 is 0 Å². The third-order valence-corrected chi connectivity index (χ3v) is 6.01. The molecule has 1 atom stereocenters. The fraction of sp³-hybridized carbons (Fsp3) is 0.154. The van der Waals surface area contributed by atoms with Gasteiger partial charge in [-0.05, 0) is 54.4 Å². The molecule has 4 aromatic rings. The quantitative estimate of drug-likeness (QED) is 0.262. The zero-order valence-corrected chi connectivity index (χ0v) is 17.9. The fourth-order valence-corrected chi connectivity index (χ4v) is 4.34. The minimum absolute atomic E-state index is 0.0130. The van der Waals surface area contributed by atoms with E-state index >= 15 is 0 Å². The van der Waals surface area contributed by atoms with Gasteiger partial charge < -0.3 is 24.1 Å². The van der Waals surface area contributed by atoms with Crippen molar-refractivity contribution >= 4 is 28.4 Å². The second-order valence-corrected chi connectivity index (χ2v) is 7.85. The zero-order chi connectivity index (χ0) is 22.9. The maximum Gasteiger partial charge on any atom is 0.295 e. The highest BCUT2D eigenvalue weighted by atomic mass is 16.5. The number of rotatable bonds is 6. The number of nitrogens with one attached hydrogen (secondary N) is 1. The van der Waals surface area contributed by atoms with Gasteiger partial charge in [0.2, 0.25) is 0 Å². The molecule has 0 spiro atoms. The molecule has 33 heavy (non-hydrogen) atoms. The fourth-order valence-electron chi connectivity index (χ4n) is 4.34. The minimum Gasteiger partial charge on any atom is -0.507 e. The Morgan fingerprint density at radius 3 is 2.61 bits per heavy atom. The summed E-state index contributed by atoms with van der Waals surface area (Å²) in [5.41, 5.74) is 2.48. The van der Waals surface area contributed by atoms with Crippen LogP contribution in [0, 0.1) is 0 Å². The van der Waals surface area contributed by atoms with E-state index in [1.54, 1.807) is 43.5 Å². The number of nitrogens with zero attached hydrogens (tertiary/aromatic N) is 1. The Kier molecular flexibility index (Phi) is 5.22. The highest BCUT2D eigenvalue weighted by Crippen LogP contribution is 2.40. The van der Waals surface area contributed by atoms with Gasteiger partial charge in [0.1, 0.15) is 23.3 Å². The molecule has 0 radical (unpaired) electrons. The van der Waals surface area contributed by atoms with Crippen molar-refractivity contribution in [3.8, 4) is 5.75 Å². The second kappa shape index (κ2) is 8.35. The molecule has 1 saturated heterocycles. The average molecular weight is 442 g/mol. The third-order valence-electron chi connectivity index (χ3n) is 6.01. The van der Waals surface area contributed by atoms with Crippen LogP contribution >= 0.6 is 0 Å². The largest absolute Gasteiger partial charge is 0.507 e. The highest BCUT2D eigenvalue weighted by molar-refractivity contribution is 6.46. The van der Waals surface area contributed by atoms with E-state index in [1.165, 1.54) is 11.2 Å². The Labute approximate surface area is 189 Å². The summed E-state index contributed by atoms with van der Waals surface area (Å²) in [5.74, 6) is -0.599. The minimum atomic E-state index is -0.813. The van der Waals surface area contributed by atoms with E-state index < -0.39 is 17.7 Å². The lowest BCUT2D eigenvalue weighted by atomic mass is 9.99. The molecule has 7 nitrogen and oxygen atoms in total.